The molecule has 0 saturated carbocycles. The number of carboxylic acids is 2. The lowest BCUT2D eigenvalue weighted by atomic mass is 9.95. The van der Waals surface area contributed by atoms with Crippen LogP contribution in [0.4, 0.5) is 5.82 Å². The predicted molar refractivity (Wildman–Crippen MR) is 96.2 cm³/mol. The van der Waals surface area contributed by atoms with Crippen molar-refractivity contribution in [3.05, 3.63) is 44.7 Å². The molecule has 9 heteroatoms. The van der Waals surface area contributed by atoms with Crippen molar-refractivity contribution >= 4 is 29.4 Å². The van der Waals surface area contributed by atoms with Crippen molar-refractivity contribution in [3.63, 3.8) is 0 Å². The maximum absolute atomic E-state index is 12.0. The number of ether oxygens (including phenoxy) is 1. The number of anilines is 1. The largest absolute Gasteiger partial charge is 0.489 e. The topological polar surface area (TPSA) is 143 Å². The van der Waals surface area contributed by atoms with Crippen LogP contribution in [0.2, 0.25) is 5.02 Å². The van der Waals surface area contributed by atoms with Crippen LogP contribution in [0.1, 0.15) is 41.0 Å². The van der Waals surface area contributed by atoms with Crippen LogP contribution < -0.4 is 16.0 Å². The highest BCUT2D eigenvalue weighted by Crippen LogP contribution is 2.35. The minimum absolute atomic E-state index is 0.0993. The van der Waals surface area contributed by atoms with Gasteiger partial charge in [-0.25, -0.2) is 9.59 Å². The molecular weight excluding hydrogens is 364 g/mol. The normalized spacial score (nSPS) is 11.8. The number of carboxylic acid groups (broad SMARTS) is 2. The SMILES string of the molecule is CCC(C)Oc1ccc(-c2c(C(=O)O)c(N)[nH]c(=O)c2C(=O)O)cc1Cl. The second-order valence-electron chi connectivity index (χ2n) is 5.59. The summed E-state index contributed by atoms with van der Waals surface area (Å²) in [4.78, 5) is 37.2. The van der Waals surface area contributed by atoms with Gasteiger partial charge in [-0.2, -0.15) is 0 Å². The Morgan fingerprint density at radius 2 is 1.88 bits per heavy atom. The van der Waals surface area contributed by atoms with E-state index in [-0.39, 0.29) is 22.3 Å². The molecule has 0 aliphatic carbocycles. The molecule has 0 amide bonds. The monoisotopic (exact) mass is 380 g/mol. The second kappa shape index (κ2) is 7.49. The molecule has 1 aromatic heterocycles. The zero-order valence-electron chi connectivity index (χ0n) is 14.0. The van der Waals surface area contributed by atoms with E-state index in [2.05, 4.69) is 0 Å². The summed E-state index contributed by atoms with van der Waals surface area (Å²) in [5, 5.41) is 18.9. The Morgan fingerprint density at radius 1 is 1.27 bits per heavy atom. The first kappa shape index (κ1) is 19.3. The van der Waals surface area contributed by atoms with Crippen LogP contribution in [0.3, 0.4) is 0 Å². The molecule has 2 rings (SSSR count). The number of halogens is 1. The van der Waals surface area contributed by atoms with Crippen molar-refractivity contribution in [1.29, 1.82) is 0 Å². The average Bonchev–Trinajstić information content (AvgIpc) is 2.54. The molecular formula is C17H17ClN2O6. The maximum atomic E-state index is 12.0. The first-order chi connectivity index (χ1) is 12.2. The van der Waals surface area contributed by atoms with Gasteiger partial charge in [0.1, 0.15) is 22.7 Å². The average molecular weight is 381 g/mol. The number of aromatic nitrogens is 1. The lowest BCUT2D eigenvalue weighted by Crippen LogP contribution is -2.24. The number of benzene rings is 1. The number of H-pyrrole nitrogens is 1. The number of nitrogens with one attached hydrogen (secondary N) is 1. The van der Waals surface area contributed by atoms with Crippen molar-refractivity contribution in [3.8, 4) is 16.9 Å². The highest BCUT2D eigenvalue weighted by atomic mass is 35.5. The van der Waals surface area contributed by atoms with E-state index in [4.69, 9.17) is 22.1 Å². The molecule has 1 unspecified atom stereocenters. The summed E-state index contributed by atoms with van der Waals surface area (Å²) in [5.74, 6) is -3.15. The fourth-order valence-electron chi connectivity index (χ4n) is 2.39. The summed E-state index contributed by atoms with van der Waals surface area (Å²) in [6.07, 6.45) is 0.646. The lowest BCUT2D eigenvalue weighted by Gasteiger charge is -2.16. The number of rotatable bonds is 6. The number of pyridine rings is 1. The van der Waals surface area contributed by atoms with Gasteiger partial charge in [0.2, 0.25) is 0 Å². The first-order valence-electron chi connectivity index (χ1n) is 7.66. The van der Waals surface area contributed by atoms with Crippen LogP contribution in [-0.2, 0) is 0 Å². The minimum atomic E-state index is -1.58. The van der Waals surface area contributed by atoms with E-state index in [1.54, 1.807) is 0 Å². The van der Waals surface area contributed by atoms with E-state index < -0.39 is 34.4 Å². The van der Waals surface area contributed by atoms with E-state index in [0.717, 1.165) is 6.42 Å². The second-order valence-corrected chi connectivity index (χ2v) is 5.99. The lowest BCUT2D eigenvalue weighted by molar-refractivity contribution is 0.0695. The van der Waals surface area contributed by atoms with Crippen LogP contribution in [-0.4, -0.2) is 33.2 Å². The van der Waals surface area contributed by atoms with Gasteiger partial charge in [-0.3, -0.25) is 4.79 Å². The Kier molecular flexibility index (Phi) is 5.56. The third-order valence-electron chi connectivity index (χ3n) is 3.80. The van der Waals surface area contributed by atoms with Gasteiger partial charge in [0.25, 0.3) is 5.56 Å². The highest BCUT2D eigenvalue weighted by molar-refractivity contribution is 6.32. The quantitative estimate of drug-likeness (QED) is 0.603. The van der Waals surface area contributed by atoms with Gasteiger partial charge in [0, 0.05) is 5.56 Å². The predicted octanol–water partition coefficient (Wildman–Crippen LogP) is 2.85. The minimum Gasteiger partial charge on any atom is -0.489 e. The maximum Gasteiger partial charge on any atom is 0.342 e. The zero-order valence-corrected chi connectivity index (χ0v) is 14.8. The Bertz CT molecular complexity index is 938. The standard InChI is InChI=1S/C17H17ClN2O6/c1-3-7(2)26-10-5-4-8(6-9(10)18)11-12(16(22)23)14(19)20-15(21)13(11)17(24)25/h4-7H,3H2,1-2H3,(H,22,23)(H,24,25)(H3,19,20,21). The number of hydrogen-bond donors (Lipinski definition) is 4. The molecule has 0 aliphatic rings. The van der Waals surface area contributed by atoms with E-state index in [1.807, 2.05) is 18.8 Å². The number of aromatic amines is 1. The molecule has 0 aliphatic heterocycles. The van der Waals surface area contributed by atoms with Gasteiger partial charge < -0.3 is 25.7 Å². The highest BCUT2D eigenvalue weighted by Gasteiger charge is 2.27. The van der Waals surface area contributed by atoms with Crippen LogP contribution in [0.15, 0.2) is 23.0 Å². The summed E-state index contributed by atoms with van der Waals surface area (Å²) in [5.41, 5.74) is 3.14. The van der Waals surface area contributed by atoms with Gasteiger partial charge in [-0.15, -0.1) is 0 Å². The van der Waals surface area contributed by atoms with Gasteiger partial charge in [0.15, 0.2) is 0 Å². The molecule has 8 nitrogen and oxygen atoms in total. The third-order valence-corrected chi connectivity index (χ3v) is 4.09. The van der Waals surface area contributed by atoms with Crippen LogP contribution in [0.25, 0.3) is 11.1 Å². The van der Waals surface area contributed by atoms with Gasteiger partial charge in [-0.05, 0) is 31.0 Å². The molecule has 0 radical (unpaired) electrons. The molecule has 2 aromatic rings. The van der Waals surface area contributed by atoms with Gasteiger partial charge >= 0.3 is 11.9 Å². The summed E-state index contributed by atoms with van der Waals surface area (Å²) < 4.78 is 5.63. The van der Waals surface area contributed by atoms with E-state index in [9.17, 15) is 24.6 Å². The molecule has 1 heterocycles. The Morgan fingerprint density at radius 3 is 2.38 bits per heavy atom. The number of nitrogen functional groups attached to an aromatic ring is 1. The van der Waals surface area contributed by atoms with Crippen LogP contribution in [0.5, 0.6) is 5.75 Å². The van der Waals surface area contributed by atoms with Gasteiger partial charge in [-0.1, -0.05) is 24.6 Å². The molecule has 138 valence electrons. The molecule has 26 heavy (non-hydrogen) atoms. The summed E-state index contributed by atoms with van der Waals surface area (Å²) in [6, 6.07) is 4.25. The van der Waals surface area contributed by atoms with Crippen molar-refractivity contribution < 1.29 is 24.5 Å². The third kappa shape index (κ3) is 3.65. The summed E-state index contributed by atoms with van der Waals surface area (Å²) >= 11 is 6.19. The molecule has 1 aromatic carbocycles. The van der Waals surface area contributed by atoms with Crippen molar-refractivity contribution in [1.82, 2.24) is 4.98 Å². The first-order valence-corrected chi connectivity index (χ1v) is 8.04. The molecule has 1 atom stereocenters. The van der Waals surface area contributed by atoms with Gasteiger partial charge in [0.05, 0.1) is 11.1 Å². The number of carbonyl (C=O) groups is 2. The number of hydrogen-bond acceptors (Lipinski definition) is 5. The summed E-state index contributed by atoms with van der Waals surface area (Å²) in [7, 11) is 0. The van der Waals surface area contributed by atoms with E-state index >= 15 is 0 Å². The molecule has 0 bridgehead atoms. The van der Waals surface area contributed by atoms with Crippen molar-refractivity contribution in [2.24, 2.45) is 0 Å². The Balaban J connectivity index is 2.75. The fourth-order valence-corrected chi connectivity index (χ4v) is 2.61. The molecule has 0 saturated heterocycles. The van der Waals surface area contributed by atoms with Crippen molar-refractivity contribution in [2.45, 2.75) is 26.4 Å². The number of nitrogens with two attached hydrogens (primary N) is 1. The smallest absolute Gasteiger partial charge is 0.342 e. The molecule has 0 fully saturated rings. The van der Waals surface area contributed by atoms with E-state index in [1.165, 1.54) is 18.2 Å². The molecule has 5 N–H and O–H groups in total. The Labute approximate surface area is 153 Å². The fraction of sp³-hybridized carbons (Fsp3) is 0.235. The number of aromatic carboxylic acids is 2. The van der Waals surface area contributed by atoms with Crippen molar-refractivity contribution in [2.75, 3.05) is 5.73 Å². The van der Waals surface area contributed by atoms with E-state index in [0.29, 0.717) is 5.75 Å². The summed E-state index contributed by atoms with van der Waals surface area (Å²) in [6.45, 7) is 3.79. The Hall–Kier alpha value is -3.00. The van der Waals surface area contributed by atoms with Crippen LogP contribution in [0, 0.1) is 0 Å². The molecule has 0 spiro atoms. The zero-order chi connectivity index (χ0) is 19.6. The van der Waals surface area contributed by atoms with Crippen LogP contribution >= 0.6 is 11.6 Å².